The Hall–Kier alpha value is -3.33. The third-order valence-electron chi connectivity index (χ3n) is 3.83. The molecule has 0 fully saturated rings. The molecule has 3 aromatic rings. The Balaban J connectivity index is 1.68. The number of nitrogens with one attached hydrogen (secondary N) is 2. The second-order valence-corrected chi connectivity index (χ2v) is 6.45. The van der Waals surface area contributed by atoms with Crippen molar-refractivity contribution in [3.05, 3.63) is 58.6 Å². The van der Waals surface area contributed by atoms with E-state index >= 15 is 0 Å². The third kappa shape index (κ3) is 4.32. The van der Waals surface area contributed by atoms with Crippen molar-refractivity contribution in [2.45, 2.75) is 13.7 Å². The van der Waals surface area contributed by atoms with E-state index in [-0.39, 0.29) is 18.1 Å². The molecule has 0 saturated heterocycles. The topological polar surface area (TPSA) is 103 Å². The van der Waals surface area contributed by atoms with Gasteiger partial charge in [-0.15, -0.1) is 0 Å². The maximum atomic E-state index is 12.5. The number of aromatic nitrogens is 4. The standard InChI is InChI=1S/C18H19ClN6O3/c1-11-4-5-12(19)15(8-11)28-10-25-7-6-13(22-25)17(26)21-14-9-24(3)23-16(14)18(27)20-2/h4-9H,10H2,1-3H3,(H,20,27)(H,21,26). The smallest absolute Gasteiger partial charge is 0.276 e. The summed E-state index contributed by atoms with van der Waals surface area (Å²) in [5.74, 6) is -0.330. The van der Waals surface area contributed by atoms with Crippen molar-refractivity contribution in [1.82, 2.24) is 24.9 Å². The number of carbonyl (C=O) groups excluding carboxylic acids is 2. The molecular weight excluding hydrogens is 384 g/mol. The molecule has 0 bridgehead atoms. The van der Waals surface area contributed by atoms with E-state index in [1.54, 1.807) is 31.6 Å². The molecule has 0 aliphatic heterocycles. The van der Waals surface area contributed by atoms with Gasteiger partial charge in [0.15, 0.2) is 18.1 Å². The summed E-state index contributed by atoms with van der Waals surface area (Å²) in [5.41, 5.74) is 1.60. The largest absolute Gasteiger partial charge is 0.470 e. The van der Waals surface area contributed by atoms with E-state index in [1.165, 1.54) is 16.4 Å². The molecule has 2 heterocycles. The average Bonchev–Trinajstić information content (AvgIpc) is 3.28. The molecule has 0 spiro atoms. The Morgan fingerprint density at radius 1 is 1.21 bits per heavy atom. The Kier molecular flexibility index (Phi) is 5.65. The van der Waals surface area contributed by atoms with Crippen LogP contribution in [-0.2, 0) is 13.8 Å². The van der Waals surface area contributed by atoms with Crippen molar-refractivity contribution in [1.29, 1.82) is 0 Å². The van der Waals surface area contributed by atoms with Gasteiger partial charge in [-0.2, -0.15) is 10.2 Å². The predicted octanol–water partition coefficient (Wildman–Crippen LogP) is 2.23. The lowest BCUT2D eigenvalue weighted by Crippen LogP contribution is -2.21. The minimum Gasteiger partial charge on any atom is -0.470 e. The molecule has 0 aliphatic rings. The van der Waals surface area contributed by atoms with Crippen LogP contribution in [0.1, 0.15) is 26.5 Å². The summed E-state index contributed by atoms with van der Waals surface area (Å²) in [7, 11) is 3.15. The van der Waals surface area contributed by atoms with Gasteiger partial charge in [0.1, 0.15) is 5.75 Å². The van der Waals surface area contributed by atoms with Crippen molar-refractivity contribution >= 4 is 29.1 Å². The molecule has 1 aromatic carbocycles. The summed E-state index contributed by atoms with van der Waals surface area (Å²) in [4.78, 5) is 24.3. The minimum absolute atomic E-state index is 0.0901. The number of aryl methyl sites for hydroxylation is 2. The van der Waals surface area contributed by atoms with Crippen LogP contribution in [0.3, 0.4) is 0 Å². The van der Waals surface area contributed by atoms with Gasteiger partial charge in [-0.1, -0.05) is 17.7 Å². The summed E-state index contributed by atoms with van der Waals surface area (Å²) in [6.07, 6.45) is 3.16. The highest BCUT2D eigenvalue weighted by Gasteiger charge is 2.18. The first-order valence-electron chi connectivity index (χ1n) is 8.37. The first kappa shape index (κ1) is 19.4. The molecule has 2 aromatic heterocycles. The molecule has 0 unspecified atom stereocenters. The van der Waals surface area contributed by atoms with Crippen LogP contribution in [0.4, 0.5) is 5.69 Å². The van der Waals surface area contributed by atoms with Gasteiger partial charge in [-0.3, -0.25) is 14.3 Å². The second-order valence-electron chi connectivity index (χ2n) is 6.05. The van der Waals surface area contributed by atoms with Gasteiger partial charge < -0.3 is 15.4 Å². The quantitative estimate of drug-likeness (QED) is 0.658. The van der Waals surface area contributed by atoms with Crippen LogP contribution in [0, 0.1) is 6.92 Å². The van der Waals surface area contributed by atoms with Crippen molar-refractivity contribution in [2.75, 3.05) is 12.4 Å². The normalized spacial score (nSPS) is 10.6. The molecule has 0 saturated carbocycles. The van der Waals surface area contributed by atoms with E-state index in [1.807, 2.05) is 19.1 Å². The number of carbonyl (C=O) groups is 2. The van der Waals surface area contributed by atoms with Crippen molar-refractivity contribution in [2.24, 2.45) is 7.05 Å². The number of anilines is 1. The van der Waals surface area contributed by atoms with E-state index in [0.717, 1.165) is 5.56 Å². The Bertz CT molecular complexity index is 1030. The van der Waals surface area contributed by atoms with Crippen LogP contribution < -0.4 is 15.4 Å². The Labute approximate surface area is 166 Å². The molecule has 146 valence electrons. The number of hydrogen-bond acceptors (Lipinski definition) is 5. The summed E-state index contributed by atoms with van der Waals surface area (Å²) < 4.78 is 8.57. The molecule has 3 rings (SSSR count). The zero-order valence-electron chi connectivity index (χ0n) is 15.6. The van der Waals surface area contributed by atoms with E-state index in [2.05, 4.69) is 20.8 Å². The fourth-order valence-corrected chi connectivity index (χ4v) is 2.64. The summed E-state index contributed by atoms with van der Waals surface area (Å²) >= 11 is 6.10. The van der Waals surface area contributed by atoms with Gasteiger partial charge in [0.05, 0.1) is 10.7 Å². The Morgan fingerprint density at radius 3 is 2.75 bits per heavy atom. The van der Waals surface area contributed by atoms with Crippen molar-refractivity contribution in [3.8, 4) is 5.75 Å². The van der Waals surface area contributed by atoms with Crippen LogP contribution in [0.25, 0.3) is 0 Å². The fraction of sp³-hybridized carbons (Fsp3) is 0.222. The lowest BCUT2D eigenvalue weighted by molar-refractivity contribution is 0.0958. The van der Waals surface area contributed by atoms with Crippen LogP contribution in [0.15, 0.2) is 36.7 Å². The summed E-state index contributed by atoms with van der Waals surface area (Å²) in [6.45, 7) is 2.03. The summed E-state index contributed by atoms with van der Waals surface area (Å²) in [5, 5.41) is 13.8. The van der Waals surface area contributed by atoms with Crippen molar-refractivity contribution in [3.63, 3.8) is 0 Å². The third-order valence-corrected chi connectivity index (χ3v) is 4.14. The fourth-order valence-electron chi connectivity index (χ4n) is 2.46. The van der Waals surface area contributed by atoms with E-state index in [0.29, 0.717) is 16.5 Å². The SMILES string of the molecule is CNC(=O)c1nn(C)cc1NC(=O)c1ccn(COc2cc(C)ccc2Cl)n1. The molecule has 2 N–H and O–H groups in total. The highest BCUT2D eigenvalue weighted by molar-refractivity contribution is 6.32. The van der Waals surface area contributed by atoms with Gasteiger partial charge >= 0.3 is 0 Å². The van der Waals surface area contributed by atoms with Gasteiger partial charge in [0.2, 0.25) is 0 Å². The van der Waals surface area contributed by atoms with Crippen LogP contribution in [0.5, 0.6) is 5.75 Å². The molecule has 2 amide bonds. The molecule has 0 aliphatic carbocycles. The highest BCUT2D eigenvalue weighted by atomic mass is 35.5. The predicted molar refractivity (Wildman–Crippen MR) is 104 cm³/mol. The van der Waals surface area contributed by atoms with Gasteiger partial charge in [0.25, 0.3) is 11.8 Å². The van der Waals surface area contributed by atoms with Gasteiger partial charge in [-0.05, 0) is 30.7 Å². The van der Waals surface area contributed by atoms with E-state index < -0.39 is 11.8 Å². The van der Waals surface area contributed by atoms with Crippen LogP contribution in [0.2, 0.25) is 5.02 Å². The number of benzene rings is 1. The van der Waals surface area contributed by atoms with Gasteiger partial charge in [0, 0.05) is 26.5 Å². The number of ether oxygens (including phenoxy) is 1. The summed E-state index contributed by atoms with van der Waals surface area (Å²) in [6, 6.07) is 7.01. The Morgan fingerprint density at radius 2 is 2.00 bits per heavy atom. The number of nitrogens with zero attached hydrogens (tertiary/aromatic N) is 4. The maximum absolute atomic E-state index is 12.5. The molecule has 9 nitrogen and oxygen atoms in total. The first-order chi connectivity index (χ1) is 13.4. The van der Waals surface area contributed by atoms with E-state index in [9.17, 15) is 9.59 Å². The maximum Gasteiger partial charge on any atom is 0.276 e. The molecule has 0 radical (unpaired) electrons. The monoisotopic (exact) mass is 402 g/mol. The molecule has 28 heavy (non-hydrogen) atoms. The van der Waals surface area contributed by atoms with Crippen LogP contribution >= 0.6 is 11.6 Å². The second kappa shape index (κ2) is 8.13. The van der Waals surface area contributed by atoms with Crippen molar-refractivity contribution < 1.29 is 14.3 Å². The first-order valence-corrected chi connectivity index (χ1v) is 8.74. The lowest BCUT2D eigenvalue weighted by Gasteiger charge is -2.08. The van der Waals surface area contributed by atoms with Crippen LogP contribution in [-0.4, -0.2) is 38.4 Å². The number of halogens is 1. The van der Waals surface area contributed by atoms with Gasteiger partial charge in [-0.25, -0.2) is 4.68 Å². The molecule has 0 atom stereocenters. The zero-order valence-corrected chi connectivity index (χ0v) is 16.3. The molecular formula is C18H19ClN6O3. The average molecular weight is 403 g/mol. The highest BCUT2D eigenvalue weighted by Crippen LogP contribution is 2.25. The molecule has 10 heteroatoms. The number of amides is 2. The number of hydrogen-bond donors (Lipinski definition) is 2. The minimum atomic E-state index is -0.467. The number of rotatable bonds is 6. The van der Waals surface area contributed by atoms with E-state index in [4.69, 9.17) is 16.3 Å². The zero-order chi connectivity index (χ0) is 20.3. The lowest BCUT2D eigenvalue weighted by atomic mass is 10.2.